The average Bonchev–Trinajstić information content (AvgIpc) is 2.74. The Morgan fingerprint density at radius 3 is 2.37 bits per heavy atom. The first kappa shape index (κ1) is 22.2. The van der Waals surface area contributed by atoms with Crippen molar-refractivity contribution in [3.63, 3.8) is 0 Å². The predicted molar refractivity (Wildman–Crippen MR) is 115 cm³/mol. The Labute approximate surface area is 180 Å². The molecule has 1 atom stereocenters. The summed E-state index contributed by atoms with van der Waals surface area (Å²) in [6, 6.07) is 16.8. The van der Waals surface area contributed by atoms with E-state index in [0.29, 0.717) is 11.3 Å². The molecule has 3 rings (SSSR count). The first-order valence-electron chi connectivity index (χ1n) is 8.90. The van der Waals surface area contributed by atoms with Crippen LogP contribution in [-0.4, -0.2) is 27.4 Å². The summed E-state index contributed by atoms with van der Waals surface area (Å²) in [7, 11) is 0. The van der Waals surface area contributed by atoms with Gasteiger partial charge >= 0.3 is 6.18 Å². The van der Waals surface area contributed by atoms with Crippen LogP contribution in [0.25, 0.3) is 11.3 Å². The molecule has 0 unspecified atom stereocenters. The second-order valence-corrected chi connectivity index (χ2v) is 8.39. The van der Waals surface area contributed by atoms with Crippen molar-refractivity contribution in [3.8, 4) is 11.3 Å². The molecule has 0 fully saturated rings. The summed E-state index contributed by atoms with van der Waals surface area (Å²) in [6.45, 7) is 1.60. The number of aromatic nitrogens is 2. The Kier molecular flexibility index (Phi) is 7.04. The van der Waals surface area contributed by atoms with Crippen LogP contribution >= 0.6 is 23.5 Å². The lowest BCUT2D eigenvalue weighted by Gasteiger charge is -2.15. The Balaban J connectivity index is 1.85. The molecule has 3 aromatic rings. The van der Waals surface area contributed by atoms with Crippen molar-refractivity contribution in [2.75, 3.05) is 11.6 Å². The minimum absolute atomic E-state index is 0.107. The first-order valence-corrected chi connectivity index (χ1v) is 11.0. The maximum atomic E-state index is 13.3. The van der Waals surface area contributed by atoms with Crippen molar-refractivity contribution in [1.82, 2.24) is 9.97 Å². The molecular formula is C21H18F3N3OS2. The number of benzene rings is 2. The molecule has 1 amide bonds. The van der Waals surface area contributed by atoms with Crippen LogP contribution in [0.2, 0.25) is 0 Å². The van der Waals surface area contributed by atoms with Crippen LogP contribution in [0.4, 0.5) is 18.9 Å². The van der Waals surface area contributed by atoms with E-state index in [1.807, 2.05) is 18.4 Å². The van der Waals surface area contributed by atoms with Crippen LogP contribution in [0.5, 0.6) is 0 Å². The van der Waals surface area contributed by atoms with Crippen LogP contribution in [0.1, 0.15) is 12.6 Å². The third-order valence-electron chi connectivity index (χ3n) is 4.08. The van der Waals surface area contributed by atoms with Gasteiger partial charge in [-0.25, -0.2) is 9.97 Å². The van der Waals surface area contributed by atoms with Gasteiger partial charge in [-0.2, -0.15) is 13.2 Å². The molecule has 0 saturated carbocycles. The molecule has 0 spiro atoms. The lowest BCUT2D eigenvalue weighted by Crippen LogP contribution is -2.23. The highest BCUT2D eigenvalue weighted by Crippen LogP contribution is 2.33. The molecule has 4 nitrogen and oxygen atoms in total. The van der Waals surface area contributed by atoms with Crippen LogP contribution in [0.3, 0.4) is 0 Å². The second-order valence-electron chi connectivity index (χ2n) is 6.23. The third-order valence-corrected chi connectivity index (χ3v) is 5.84. The highest BCUT2D eigenvalue weighted by Gasteiger charge is 2.34. The monoisotopic (exact) mass is 449 g/mol. The molecule has 2 aromatic carbocycles. The molecule has 9 heteroatoms. The molecule has 0 aliphatic carbocycles. The zero-order valence-corrected chi connectivity index (χ0v) is 17.7. The Bertz CT molecular complexity index is 1030. The molecule has 1 N–H and O–H groups in total. The normalized spacial score (nSPS) is 12.4. The van der Waals surface area contributed by atoms with Gasteiger partial charge in [0.25, 0.3) is 0 Å². The van der Waals surface area contributed by atoms with E-state index < -0.39 is 17.1 Å². The van der Waals surface area contributed by atoms with E-state index in [0.717, 1.165) is 22.7 Å². The number of thioether (sulfide) groups is 2. The van der Waals surface area contributed by atoms with E-state index >= 15 is 0 Å². The summed E-state index contributed by atoms with van der Waals surface area (Å²) in [4.78, 5) is 21.4. The molecule has 156 valence electrons. The van der Waals surface area contributed by atoms with E-state index in [2.05, 4.69) is 15.3 Å². The van der Waals surface area contributed by atoms with Gasteiger partial charge in [-0.3, -0.25) is 4.79 Å². The zero-order chi connectivity index (χ0) is 21.7. The largest absolute Gasteiger partial charge is 0.433 e. The van der Waals surface area contributed by atoms with Gasteiger partial charge in [-0.15, -0.1) is 11.8 Å². The maximum absolute atomic E-state index is 13.3. The van der Waals surface area contributed by atoms with E-state index in [1.165, 1.54) is 11.8 Å². The molecule has 1 aromatic heterocycles. The van der Waals surface area contributed by atoms with Crippen molar-refractivity contribution < 1.29 is 18.0 Å². The molecular weight excluding hydrogens is 431 g/mol. The molecule has 0 saturated heterocycles. The van der Waals surface area contributed by atoms with E-state index in [9.17, 15) is 18.0 Å². The number of nitrogens with zero attached hydrogens (tertiary/aromatic N) is 2. The number of para-hydroxylation sites is 1. The smallest absolute Gasteiger partial charge is 0.324 e. The summed E-state index contributed by atoms with van der Waals surface area (Å²) in [5.41, 5.74) is 0.301. The van der Waals surface area contributed by atoms with Gasteiger partial charge in [-0.1, -0.05) is 54.2 Å². The summed E-state index contributed by atoms with van der Waals surface area (Å²) in [6.07, 6.45) is -2.73. The molecule has 0 radical (unpaired) electrons. The van der Waals surface area contributed by atoms with Gasteiger partial charge in [0.05, 0.1) is 16.6 Å². The van der Waals surface area contributed by atoms with Crippen LogP contribution in [0.15, 0.2) is 70.7 Å². The quantitative estimate of drug-likeness (QED) is 0.369. The second kappa shape index (κ2) is 9.53. The lowest BCUT2D eigenvalue weighted by molar-refractivity contribution is -0.141. The minimum atomic E-state index is -4.62. The number of carbonyl (C=O) groups is 1. The number of rotatable bonds is 6. The average molecular weight is 450 g/mol. The molecule has 30 heavy (non-hydrogen) atoms. The zero-order valence-electron chi connectivity index (χ0n) is 16.1. The number of nitrogens with one attached hydrogen (secondary N) is 1. The molecule has 0 aliphatic rings. The highest BCUT2D eigenvalue weighted by molar-refractivity contribution is 8.00. The van der Waals surface area contributed by atoms with Gasteiger partial charge in [0.15, 0.2) is 5.16 Å². The van der Waals surface area contributed by atoms with Crippen LogP contribution in [0, 0.1) is 0 Å². The maximum Gasteiger partial charge on any atom is 0.433 e. The molecule has 0 bridgehead atoms. The summed E-state index contributed by atoms with van der Waals surface area (Å²) >= 11 is 2.37. The number of hydrogen-bond acceptors (Lipinski definition) is 5. The van der Waals surface area contributed by atoms with E-state index in [-0.39, 0.29) is 16.8 Å². The fourth-order valence-corrected chi connectivity index (χ4v) is 3.91. The van der Waals surface area contributed by atoms with Crippen LogP contribution in [-0.2, 0) is 11.0 Å². The van der Waals surface area contributed by atoms with Crippen molar-refractivity contribution in [1.29, 1.82) is 0 Å². The standard InChI is InChI=1S/C21H18F3N3OS2/c1-13(19(28)25-15-10-6-7-11-17(15)29-2)30-20-26-16(14-8-4-3-5-9-14)12-18(27-20)21(22,23)24/h3-13H,1-2H3,(H,25,28)/t13-/m0/s1. The Morgan fingerprint density at radius 2 is 1.70 bits per heavy atom. The fourth-order valence-electron chi connectivity index (χ4n) is 2.57. The van der Waals surface area contributed by atoms with Gasteiger partial charge in [-0.05, 0) is 31.4 Å². The number of hydrogen-bond donors (Lipinski definition) is 1. The Morgan fingerprint density at radius 1 is 1.03 bits per heavy atom. The number of alkyl halides is 3. The summed E-state index contributed by atoms with van der Waals surface area (Å²) in [5, 5.41) is 2.01. The van der Waals surface area contributed by atoms with Crippen molar-refractivity contribution in [2.24, 2.45) is 0 Å². The van der Waals surface area contributed by atoms with Crippen molar-refractivity contribution in [2.45, 2.75) is 28.4 Å². The van der Waals surface area contributed by atoms with E-state index in [4.69, 9.17) is 0 Å². The topological polar surface area (TPSA) is 54.9 Å². The summed E-state index contributed by atoms with van der Waals surface area (Å²) in [5.74, 6) is -0.344. The number of carbonyl (C=O) groups excluding carboxylic acids is 1. The minimum Gasteiger partial charge on any atom is -0.324 e. The number of halogens is 3. The first-order chi connectivity index (χ1) is 14.3. The fraction of sp³-hybridized carbons (Fsp3) is 0.190. The van der Waals surface area contributed by atoms with Gasteiger partial charge < -0.3 is 5.32 Å². The predicted octanol–water partition coefficient (Wildman–Crippen LogP) is 6.00. The SMILES string of the molecule is CSc1ccccc1NC(=O)[C@H](C)Sc1nc(-c2ccccc2)cc(C(F)(F)F)n1. The van der Waals surface area contributed by atoms with Gasteiger partial charge in [0.2, 0.25) is 5.91 Å². The van der Waals surface area contributed by atoms with Crippen molar-refractivity contribution >= 4 is 35.1 Å². The third kappa shape index (κ3) is 5.54. The van der Waals surface area contributed by atoms with Gasteiger partial charge in [0.1, 0.15) is 5.69 Å². The molecule has 1 heterocycles. The number of amides is 1. The highest BCUT2D eigenvalue weighted by atomic mass is 32.2. The van der Waals surface area contributed by atoms with Crippen molar-refractivity contribution in [3.05, 3.63) is 66.4 Å². The Hall–Kier alpha value is -2.52. The molecule has 0 aliphatic heterocycles. The van der Waals surface area contributed by atoms with Gasteiger partial charge in [0, 0.05) is 10.5 Å². The van der Waals surface area contributed by atoms with E-state index in [1.54, 1.807) is 49.4 Å². The lowest BCUT2D eigenvalue weighted by atomic mass is 10.1. The summed E-state index contributed by atoms with van der Waals surface area (Å²) < 4.78 is 40.0. The van der Waals surface area contributed by atoms with Crippen LogP contribution < -0.4 is 5.32 Å². The number of anilines is 1.